The van der Waals surface area contributed by atoms with E-state index in [2.05, 4.69) is 31.8 Å². The monoisotopic (exact) mass is 327 g/mol. The molecule has 9 heteroatoms. The van der Waals surface area contributed by atoms with Gasteiger partial charge in [0.25, 0.3) is 0 Å². The summed E-state index contributed by atoms with van der Waals surface area (Å²) in [6.45, 7) is 0.0819. The lowest BCUT2D eigenvalue weighted by atomic mass is 10.2. The number of hydroxylamine groups is 1. The van der Waals surface area contributed by atoms with Gasteiger partial charge in [0.15, 0.2) is 0 Å². The minimum atomic E-state index is -0.373. The lowest BCUT2D eigenvalue weighted by Gasteiger charge is -2.09. The number of rotatable bonds is 5. The fourth-order valence-corrected chi connectivity index (χ4v) is 1.97. The SMILES string of the molecule is Cn1nnn(-c2cccc(Br)c2CONC=O)c1=O. The number of carbonyl (C=O) groups excluding carboxylic acids is 1. The molecule has 0 aliphatic rings. The highest BCUT2D eigenvalue weighted by molar-refractivity contribution is 9.10. The molecule has 8 nitrogen and oxygen atoms in total. The van der Waals surface area contributed by atoms with Gasteiger partial charge in [0.05, 0.1) is 5.69 Å². The van der Waals surface area contributed by atoms with E-state index < -0.39 is 0 Å². The van der Waals surface area contributed by atoms with E-state index in [-0.39, 0.29) is 12.3 Å². The number of aryl methyl sites for hydroxylation is 1. The average Bonchev–Trinajstić information content (AvgIpc) is 2.72. The maximum Gasteiger partial charge on any atom is 0.368 e. The van der Waals surface area contributed by atoms with Crippen LogP contribution in [0.3, 0.4) is 0 Å². The van der Waals surface area contributed by atoms with Crippen LogP contribution < -0.4 is 11.2 Å². The van der Waals surface area contributed by atoms with Crippen molar-refractivity contribution in [2.45, 2.75) is 6.61 Å². The smallest absolute Gasteiger partial charge is 0.277 e. The van der Waals surface area contributed by atoms with Crippen LogP contribution in [0.25, 0.3) is 5.69 Å². The quantitative estimate of drug-likeness (QED) is 0.470. The molecule has 1 heterocycles. The van der Waals surface area contributed by atoms with Crippen LogP contribution in [0.1, 0.15) is 5.56 Å². The molecule has 1 aromatic heterocycles. The van der Waals surface area contributed by atoms with E-state index in [1.54, 1.807) is 18.2 Å². The van der Waals surface area contributed by atoms with Crippen LogP contribution >= 0.6 is 15.9 Å². The maximum absolute atomic E-state index is 11.8. The zero-order valence-electron chi connectivity index (χ0n) is 9.91. The van der Waals surface area contributed by atoms with Crippen LogP contribution in [0.15, 0.2) is 27.5 Å². The van der Waals surface area contributed by atoms with Crippen molar-refractivity contribution < 1.29 is 9.63 Å². The van der Waals surface area contributed by atoms with Crippen molar-refractivity contribution in [1.29, 1.82) is 0 Å². The molecule has 0 unspecified atom stereocenters. The topological polar surface area (TPSA) is 91.0 Å². The highest BCUT2D eigenvalue weighted by Crippen LogP contribution is 2.23. The second kappa shape index (κ2) is 5.76. The Labute approximate surface area is 116 Å². The first-order valence-electron chi connectivity index (χ1n) is 5.23. The van der Waals surface area contributed by atoms with Crippen molar-refractivity contribution >= 4 is 22.3 Å². The zero-order chi connectivity index (χ0) is 13.8. The van der Waals surface area contributed by atoms with E-state index in [9.17, 15) is 9.59 Å². The largest absolute Gasteiger partial charge is 0.368 e. The van der Waals surface area contributed by atoms with E-state index in [0.717, 1.165) is 13.8 Å². The first-order valence-corrected chi connectivity index (χ1v) is 6.02. The number of hydrogen-bond acceptors (Lipinski definition) is 5. The Bertz CT molecular complexity index is 651. The fraction of sp³-hybridized carbons (Fsp3) is 0.200. The Morgan fingerprint density at radius 1 is 1.47 bits per heavy atom. The second-order valence-corrected chi connectivity index (χ2v) is 4.41. The molecule has 100 valence electrons. The summed E-state index contributed by atoms with van der Waals surface area (Å²) in [7, 11) is 1.51. The molecule has 0 saturated carbocycles. The predicted molar refractivity (Wildman–Crippen MR) is 68.3 cm³/mol. The van der Waals surface area contributed by atoms with Gasteiger partial charge < -0.3 is 0 Å². The number of nitrogens with zero attached hydrogens (tertiary/aromatic N) is 4. The molecule has 0 aliphatic carbocycles. The van der Waals surface area contributed by atoms with E-state index in [1.165, 1.54) is 7.05 Å². The number of amides is 1. The molecule has 1 amide bonds. The van der Waals surface area contributed by atoms with Gasteiger partial charge in [-0.2, -0.15) is 9.36 Å². The number of benzene rings is 1. The fourth-order valence-electron chi connectivity index (χ4n) is 1.50. The summed E-state index contributed by atoms with van der Waals surface area (Å²) in [5.41, 5.74) is 2.91. The molecular weight excluding hydrogens is 318 g/mol. The van der Waals surface area contributed by atoms with E-state index in [1.807, 2.05) is 0 Å². The van der Waals surface area contributed by atoms with Gasteiger partial charge >= 0.3 is 5.69 Å². The van der Waals surface area contributed by atoms with Crippen LogP contribution in [0.4, 0.5) is 0 Å². The van der Waals surface area contributed by atoms with Crippen molar-refractivity contribution in [3.05, 3.63) is 38.7 Å². The van der Waals surface area contributed by atoms with E-state index in [4.69, 9.17) is 4.84 Å². The molecule has 0 aliphatic heterocycles. The van der Waals surface area contributed by atoms with Crippen molar-refractivity contribution in [2.24, 2.45) is 7.05 Å². The number of hydrogen-bond donors (Lipinski definition) is 1. The lowest BCUT2D eigenvalue weighted by Crippen LogP contribution is -2.23. The molecule has 0 radical (unpaired) electrons. The van der Waals surface area contributed by atoms with Gasteiger partial charge in [0.2, 0.25) is 6.41 Å². The Balaban J connectivity index is 2.45. The molecule has 0 bridgehead atoms. The van der Waals surface area contributed by atoms with Crippen molar-refractivity contribution in [3.63, 3.8) is 0 Å². The number of nitrogens with one attached hydrogen (secondary N) is 1. The van der Waals surface area contributed by atoms with Gasteiger partial charge in [0, 0.05) is 17.1 Å². The molecule has 19 heavy (non-hydrogen) atoms. The first kappa shape index (κ1) is 13.4. The number of aromatic nitrogens is 4. The van der Waals surface area contributed by atoms with E-state index in [0.29, 0.717) is 17.7 Å². The van der Waals surface area contributed by atoms with E-state index >= 15 is 0 Å². The molecule has 0 spiro atoms. The standard InChI is InChI=1S/C10H10BrN5O3/c1-15-10(18)16(14-13-15)9-4-2-3-8(11)7(9)5-19-12-6-17/h2-4,6H,5H2,1H3,(H,12,17). The molecule has 1 aromatic carbocycles. The highest BCUT2D eigenvalue weighted by atomic mass is 79.9. The Hall–Kier alpha value is -2.00. The third kappa shape index (κ3) is 2.71. The molecular formula is C10H10BrN5O3. The lowest BCUT2D eigenvalue weighted by molar-refractivity contribution is -0.121. The van der Waals surface area contributed by atoms with Gasteiger partial charge in [-0.1, -0.05) is 22.0 Å². The minimum Gasteiger partial charge on any atom is -0.277 e. The molecule has 0 saturated heterocycles. The highest BCUT2D eigenvalue weighted by Gasteiger charge is 2.13. The summed E-state index contributed by atoms with van der Waals surface area (Å²) in [6, 6.07) is 5.27. The van der Waals surface area contributed by atoms with Crippen LogP contribution in [0.2, 0.25) is 0 Å². The van der Waals surface area contributed by atoms with Crippen molar-refractivity contribution in [2.75, 3.05) is 0 Å². The molecule has 2 aromatic rings. The van der Waals surface area contributed by atoms with Crippen molar-refractivity contribution in [1.82, 2.24) is 25.3 Å². The summed E-state index contributed by atoms with van der Waals surface area (Å²) in [6.07, 6.45) is 0.422. The maximum atomic E-state index is 11.8. The predicted octanol–water partition coefficient (Wildman–Crippen LogP) is -0.0939. The summed E-state index contributed by atoms with van der Waals surface area (Å²) in [4.78, 5) is 26.9. The summed E-state index contributed by atoms with van der Waals surface area (Å²) in [5.74, 6) is 0. The zero-order valence-corrected chi connectivity index (χ0v) is 11.5. The molecule has 0 atom stereocenters. The third-order valence-electron chi connectivity index (χ3n) is 2.39. The Morgan fingerprint density at radius 2 is 2.26 bits per heavy atom. The van der Waals surface area contributed by atoms with Gasteiger partial charge in [-0.25, -0.2) is 10.3 Å². The van der Waals surface area contributed by atoms with Gasteiger partial charge in [0.1, 0.15) is 6.61 Å². The molecule has 0 fully saturated rings. The van der Waals surface area contributed by atoms with Crippen LogP contribution in [0, 0.1) is 0 Å². The average molecular weight is 328 g/mol. The third-order valence-corrected chi connectivity index (χ3v) is 3.13. The van der Waals surface area contributed by atoms with Crippen LogP contribution in [-0.2, 0) is 23.3 Å². The van der Waals surface area contributed by atoms with Crippen LogP contribution in [0.5, 0.6) is 0 Å². The Kier molecular flexibility index (Phi) is 4.07. The number of carbonyl (C=O) groups is 1. The molecule has 2 rings (SSSR count). The normalized spacial score (nSPS) is 10.4. The Morgan fingerprint density at radius 3 is 2.89 bits per heavy atom. The van der Waals surface area contributed by atoms with Gasteiger partial charge in [-0.3, -0.25) is 9.63 Å². The first-order chi connectivity index (χ1) is 9.15. The summed E-state index contributed by atoms with van der Waals surface area (Å²) >= 11 is 3.36. The summed E-state index contributed by atoms with van der Waals surface area (Å²) < 4.78 is 3.01. The van der Waals surface area contributed by atoms with Crippen molar-refractivity contribution in [3.8, 4) is 5.69 Å². The van der Waals surface area contributed by atoms with Gasteiger partial charge in [-0.05, 0) is 22.6 Å². The minimum absolute atomic E-state index is 0.0819. The summed E-state index contributed by atoms with van der Waals surface area (Å²) in [5, 5.41) is 7.42. The van der Waals surface area contributed by atoms with Crippen LogP contribution in [-0.4, -0.2) is 26.2 Å². The number of tetrazole rings is 1. The second-order valence-electron chi connectivity index (χ2n) is 3.56. The van der Waals surface area contributed by atoms with Gasteiger partial charge in [-0.15, -0.1) is 0 Å². The molecule has 1 N–H and O–H groups in total. The number of halogens is 1.